The summed E-state index contributed by atoms with van der Waals surface area (Å²) in [5.74, 6) is 0.439. The third kappa shape index (κ3) is 6.40. The molecule has 0 saturated carbocycles. The van der Waals surface area contributed by atoms with Crippen molar-refractivity contribution >= 4 is 34.4 Å². The topological polar surface area (TPSA) is 125 Å². The molecule has 0 aliphatic carbocycles. The van der Waals surface area contributed by atoms with Crippen molar-refractivity contribution in [1.82, 2.24) is 30.2 Å². The van der Waals surface area contributed by atoms with Crippen LogP contribution in [-0.4, -0.2) is 69.4 Å². The van der Waals surface area contributed by atoms with Gasteiger partial charge in [-0.05, 0) is 37.0 Å². The van der Waals surface area contributed by atoms with Crippen LogP contribution >= 0.6 is 0 Å². The van der Waals surface area contributed by atoms with E-state index in [9.17, 15) is 14.0 Å². The number of nitrogens with zero attached hydrogens (tertiary/aromatic N) is 5. The molecule has 11 heteroatoms. The van der Waals surface area contributed by atoms with Gasteiger partial charge in [-0.2, -0.15) is 0 Å². The van der Waals surface area contributed by atoms with Crippen molar-refractivity contribution < 1.29 is 14.0 Å². The monoisotopic (exact) mass is 584 g/mol. The average molecular weight is 585 g/mol. The Kier molecular flexibility index (Phi) is 8.79. The normalized spacial score (nSPS) is 15.1. The Bertz CT molecular complexity index is 1620. The molecule has 4 heterocycles. The maximum atomic E-state index is 14.6. The number of benzene rings is 1. The van der Waals surface area contributed by atoms with E-state index in [1.807, 2.05) is 35.2 Å². The number of anilines is 2. The molecule has 0 radical (unpaired) electrons. The standard InChI is InChI=1S/C32H37FN8O2/c1-5-32(3,24-8-6-7-23-29(31(43)34-4)25(33)17-36-30(23)24)18-37-28-15-26(38-19-39-28)21-9-10-27(35-16-21)40-22-11-13-41(14-12-22)20(2)42/h6-10,15-17,19,22H,5,11-14,18H2,1-4H3,(H,34,43)(H,35,40)(H,37,38,39)/t32-/m0/s1. The van der Waals surface area contributed by atoms with Crippen molar-refractivity contribution in [3.63, 3.8) is 0 Å². The van der Waals surface area contributed by atoms with Crippen LogP contribution in [0, 0.1) is 5.82 Å². The number of nitrogens with one attached hydrogen (secondary N) is 3. The molecule has 1 saturated heterocycles. The van der Waals surface area contributed by atoms with Crippen LogP contribution in [0.5, 0.6) is 0 Å². The highest BCUT2D eigenvalue weighted by Gasteiger charge is 2.29. The predicted molar refractivity (Wildman–Crippen MR) is 165 cm³/mol. The first-order valence-corrected chi connectivity index (χ1v) is 14.6. The van der Waals surface area contributed by atoms with Gasteiger partial charge in [0.15, 0.2) is 5.82 Å². The number of amides is 2. The first-order valence-electron chi connectivity index (χ1n) is 14.6. The SMILES string of the molecule is CC[C@@](C)(CNc1cc(-c2ccc(NC3CCN(C(C)=O)CC3)nc2)ncn1)c1cccc2c(C(=O)NC)c(F)cnc12. The van der Waals surface area contributed by atoms with E-state index in [1.165, 1.54) is 13.4 Å². The fourth-order valence-corrected chi connectivity index (χ4v) is 5.53. The molecule has 3 aromatic heterocycles. The number of halogens is 1. The molecule has 1 fully saturated rings. The van der Waals surface area contributed by atoms with Gasteiger partial charge in [-0.3, -0.25) is 14.6 Å². The summed E-state index contributed by atoms with van der Waals surface area (Å²) in [6.07, 6.45) is 6.97. The highest BCUT2D eigenvalue weighted by molar-refractivity contribution is 6.06. The number of hydrogen-bond donors (Lipinski definition) is 3. The average Bonchev–Trinajstić information content (AvgIpc) is 3.03. The van der Waals surface area contributed by atoms with Crippen molar-refractivity contribution in [3.8, 4) is 11.3 Å². The number of hydrogen-bond acceptors (Lipinski definition) is 8. The van der Waals surface area contributed by atoms with Crippen molar-refractivity contribution in [1.29, 1.82) is 0 Å². The molecule has 1 aliphatic rings. The van der Waals surface area contributed by atoms with Crippen molar-refractivity contribution in [3.05, 3.63) is 72.1 Å². The van der Waals surface area contributed by atoms with E-state index in [0.717, 1.165) is 61.2 Å². The zero-order valence-corrected chi connectivity index (χ0v) is 24.9. The number of fused-ring (bicyclic) bond motifs is 1. The number of rotatable bonds is 9. The van der Waals surface area contributed by atoms with Gasteiger partial charge < -0.3 is 20.9 Å². The quantitative estimate of drug-likeness (QED) is 0.257. The maximum absolute atomic E-state index is 14.6. The molecule has 0 bridgehead atoms. The lowest BCUT2D eigenvalue weighted by Gasteiger charge is -2.31. The number of para-hydroxylation sites is 1. The van der Waals surface area contributed by atoms with Gasteiger partial charge in [0.2, 0.25) is 5.91 Å². The summed E-state index contributed by atoms with van der Waals surface area (Å²) in [6, 6.07) is 11.6. The van der Waals surface area contributed by atoms with Crippen LogP contribution in [0.1, 0.15) is 56.0 Å². The second-order valence-corrected chi connectivity index (χ2v) is 11.2. The van der Waals surface area contributed by atoms with Gasteiger partial charge in [0.05, 0.1) is 23.0 Å². The first kappa shape index (κ1) is 29.8. The zero-order valence-electron chi connectivity index (χ0n) is 24.9. The lowest BCUT2D eigenvalue weighted by Crippen LogP contribution is -2.41. The molecule has 0 spiro atoms. The Labute approximate surface area is 250 Å². The summed E-state index contributed by atoms with van der Waals surface area (Å²) in [6.45, 7) is 7.85. The Hall–Kier alpha value is -4.67. The molecular formula is C32H37FN8O2. The van der Waals surface area contributed by atoms with Crippen LogP contribution in [0.4, 0.5) is 16.0 Å². The summed E-state index contributed by atoms with van der Waals surface area (Å²) in [5.41, 5.74) is 2.71. The molecule has 5 rings (SSSR count). The second-order valence-electron chi connectivity index (χ2n) is 11.2. The highest BCUT2D eigenvalue weighted by Crippen LogP contribution is 2.34. The summed E-state index contributed by atoms with van der Waals surface area (Å²) in [7, 11) is 1.48. The lowest BCUT2D eigenvalue weighted by atomic mass is 9.78. The van der Waals surface area contributed by atoms with Crippen LogP contribution < -0.4 is 16.0 Å². The molecule has 4 aromatic rings. The van der Waals surface area contributed by atoms with E-state index < -0.39 is 17.1 Å². The molecular weight excluding hydrogens is 547 g/mol. The zero-order chi connectivity index (χ0) is 30.6. The Morgan fingerprint density at radius 3 is 2.51 bits per heavy atom. The third-order valence-corrected chi connectivity index (χ3v) is 8.41. The van der Waals surface area contributed by atoms with Crippen LogP contribution in [0.15, 0.2) is 55.1 Å². The smallest absolute Gasteiger partial charge is 0.254 e. The number of carbonyl (C=O) groups excluding carboxylic acids is 2. The first-order chi connectivity index (χ1) is 20.7. The fourth-order valence-electron chi connectivity index (χ4n) is 5.53. The van der Waals surface area contributed by atoms with Crippen molar-refractivity contribution in [2.75, 3.05) is 37.3 Å². The number of pyridine rings is 2. The Balaban J connectivity index is 1.30. The van der Waals surface area contributed by atoms with Gasteiger partial charge >= 0.3 is 0 Å². The minimum atomic E-state index is -0.651. The maximum Gasteiger partial charge on any atom is 0.254 e. The van der Waals surface area contributed by atoms with Gasteiger partial charge in [0, 0.05) is 68.3 Å². The molecule has 43 heavy (non-hydrogen) atoms. The second kappa shape index (κ2) is 12.7. The van der Waals surface area contributed by atoms with Crippen LogP contribution in [-0.2, 0) is 10.2 Å². The fraction of sp³-hybridized carbons (Fsp3) is 0.375. The highest BCUT2D eigenvalue weighted by atomic mass is 19.1. The summed E-state index contributed by atoms with van der Waals surface area (Å²) < 4.78 is 14.6. The van der Waals surface area contributed by atoms with E-state index in [1.54, 1.807) is 19.2 Å². The van der Waals surface area contributed by atoms with Crippen molar-refractivity contribution in [2.24, 2.45) is 0 Å². The molecule has 1 aromatic carbocycles. The minimum Gasteiger partial charge on any atom is -0.369 e. The van der Waals surface area contributed by atoms with E-state index in [4.69, 9.17) is 0 Å². The lowest BCUT2D eigenvalue weighted by molar-refractivity contribution is -0.129. The van der Waals surface area contributed by atoms with E-state index in [0.29, 0.717) is 23.3 Å². The predicted octanol–water partition coefficient (Wildman–Crippen LogP) is 4.79. The van der Waals surface area contributed by atoms with E-state index in [-0.39, 0.29) is 17.5 Å². The number of carbonyl (C=O) groups is 2. The molecule has 10 nitrogen and oxygen atoms in total. The summed E-state index contributed by atoms with van der Waals surface area (Å²) in [5, 5.41) is 9.93. The van der Waals surface area contributed by atoms with Crippen molar-refractivity contribution in [2.45, 2.75) is 51.5 Å². The largest absolute Gasteiger partial charge is 0.369 e. The number of aromatic nitrogens is 4. The summed E-state index contributed by atoms with van der Waals surface area (Å²) in [4.78, 5) is 43.8. The molecule has 2 amide bonds. The van der Waals surface area contributed by atoms with Crippen LogP contribution in [0.2, 0.25) is 0 Å². The molecule has 224 valence electrons. The van der Waals surface area contributed by atoms with E-state index >= 15 is 0 Å². The molecule has 3 N–H and O–H groups in total. The Morgan fingerprint density at radius 1 is 1.05 bits per heavy atom. The van der Waals surface area contributed by atoms with Gasteiger partial charge in [0.1, 0.15) is 18.0 Å². The third-order valence-electron chi connectivity index (χ3n) is 8.41. The minimum absolute atomic E-state index is 0.00519. The van der Waals surface area contributed by atoms with E-state index in [2.05, 4.69) is 49.7 Å². The molecule has 1 aliphatic heterocycles. The van der Waals surface area contributed by atoms with Gasteiger partial charge in [-0.25, -0.2) is 19.3 Å². The summed E-state index contributed by atoms with van der Waals surface area (Å²) >= 11 is 0. The van der Waals surface area contributed by atoms with Crippen LogP contribution in [0.3, 0.4) is 0 Å². The number of likely N-dealkylation sites (tertiary alicyclic amines) is 1. The molecule has 1 atom stereocenters. The number of piperidine rings is 1. The molecule has 0 unspecified atom stereocenters. The van der Waals surface area contributed by atoms with Gasteiger partial charge in [0.25, 0.3) is 5.91 Å². The van der Waals surface area contributed by atoms with Crippen LogP contribution in [0.25, 0.3) is 22.2 Å². The van der Waals surface area contributed by atoms with Gasteiger partial charge in [-0.15, -0.1) is 0 Å². The van der Waals surface area contributed by atoms with Gasteiger partial charge in [-0.1, -0.05) is 32.0 Å². The Morgan fingerprint density at radius 2 is 1.84 bits per heavy atom.